The molecule has 19 heavy (non-hydrogen) atoms. The Kier molecular flexibility index (Phi) is 2.66. The normalized spacial score (nSPS) is 20.9. The quantitative estimate of drug-likeness (QED) is 0.777. The molecule has 3 rings (SSSR count). The van der Waals surface area contributed by atoms with Crippen molar-refractivity contribution in [3.8, 4) is 5.88 Å². The van der Waals surface area contributed by atoms with E-state index in [0.29, 0.717) is 5.66 Å². The average Bonchev–Trinajstić information content (AvgIpc) is 3.00. The van der Waals surface area contributed by atoms with Crippen LogP contribution in [0, 0.1) is 0 Å². The molecule has 0 atom stereocenters. The summed E-state index contributed by atoms with van der Waals surface area (Å²) in [7, 11) is -0.450. The summed E-state index contributed by atoms with van der Waals surface area (Å²) in [6.45, 7) is 8.12. The number of furan rings is 1. The second-order valence-corrected chi connectivity index (χ2v) is 5.85. The molecule has 2 aromatic rings. The van der Waals surface area contributed by atoms with E-state index in [1.807, 2.05) is 68.9 Å². The van der Waals surface area contributed by atoms with Crippen molar-refractivity contribution in [1.29, 1.82) is 0 Å². The first kappa shape index (κ1) is 12.6. The molecule has 1 aliphatic heterocycles. The number of nitrogens with zero attached hydrogens (tertiary/aromatic N) is 1. The summed E-state index contributed by atoms with van der Waals surface area (Å²) < 4.78 is 19.6. The fourth-order valence-corrected chi connectivity index (χ4v) is 2.05. The van der Waals surface area contributed by atoms with Crippen LogP contribution in [-0.4, -0.2) is 22.9 Å². The van der Waals surface area contributed by atoms with Gasteiger partial charge in [0.05, 0.1) is 11.2 Å². The van der Waals surface area contributed by atoms with Crippen molar-refractivity contribution >= 4 is 12.8 Å². The van der Waals surface area contributed by atoms with Crippen molar-refractivity contribution in [2.75, 3.05) is 0 Å². The van der Waals surface area contributed by atoms with Crippen molar-refractivity contribution in [2.24, 2.45) is 0 Å². The Morgan fingerprint density at radius 3 is 2.11 bits per heavy atom. The molecule has 3 heterocycles. The molecule has 0 N–H and O–H groups in total. The van der Waals surface area contributed by atoms with Crippen molar-refractivity contribution in [2.45, 2.75) is 38.9 Å². The van der Waals surface area contributed by atoms with E-state index >= 15 is 0 Å². The third-order valence-electron chi connectivity index (χ3n) is 3.96. The largest absolute Gasteiger partial charge is 0.532 e. The van der Waals surface area contributed by atoms with Gasteiger partial charge in [-0.2, -0.15) is 0 Å². The van der Waals surface area contributed by atoms with Gasteiger partial charge >= 0.3 is 7.12 Å². The van der Waals surface area contributed by atoms with Gasteiger partial charge in [0.15, 0.2) is 0 Å². The topological polar surface area (TPSA) is 36.5 Å². The Bertz CT molecular complexity index is 555. The van der Waals surface area contributed by atoms with Crippen LogP contribution in [0.15, 0.2) is 41.1 Å². The van der Waals surface area contributed by atoms with Gasteiger partial charge in [-0.15, -0.1) is 0 Å². The predicted octanol–water partition coefficient (Wildman–Crippen LogP) is 2.37. The molecule has 0 amide bonds. The van der Waals surface area contributed by atoms with Gasteiger partial charge in [0.1, 0.15) is 5.66 Å². The lowest BCUT2D eigenvalue weighted by atomic mass is 9.86. The molecule has 2 aromatic heterocycles. The summed E-state index contributed by atoms with van der Waals surface area (Å²) >= 11 is 0. The van der Waals surface area contributed by atoms with Crippen molar-refractivity contribution in [3.63, 3.8) is 0 Å². The van der Waals surface area contributed by atoms with E-state index in [4.69, 9.17) is 13.7 Å². The zero-order valence-corrected chi connectivity index (χ0v) is 11.7. The third-order valence-corrected chi connectivity index (χ3v) is 3.96. The van der Waals surface area contributed by atoms with Crippen molar-refractivity contribution in [1.82, 2.24) is 4.57 Å². The Morgan fingerprint density at radius 1 is 0.947 bits per heavy atom. The van der Waals surface area contributed by atoms with E-state index in [9.17, 15) is 0 Å². The monoisotopic (exact) mass is 259 g/mol. The van der Waals surface area contributed by atoms with Crippen molar-refractivity contribution < 1.29 is 13.7 Å². The van der Waals surface area contributed by atoms with E-state index < -0.39 is 7.12 Å². The first-order valence-electron chi connectivity index (χ1n) is 6.48. The van der Waals surface area contributed by atoms with Gasteiger partial charge in [0.25, 0.3) is 0 Å². The maximum absolute atomic E-state index is 5.96. The molecule has 0 unspecified atom stereocenters. The minimum atomic E-state index is -0.450. The molecule has 0 radical (unpaired) electrons. The van der Waals surface area contributed by atoms with E-state index in [-0.39, 0.29) is 11.2 Å². The minimum Gasteiger partial charge on any atom is -0.448 e. The van der Waals surface area contributed by atoms with E-state index in [1.165, 1.54) is 0 Å². The smallest absolute Gasteiger partial charge is 0.448 e. The molecular formula is C14H18BNO3. The molecule has 0 aromatic carbocycles. The Balaban J connectivity index is 1.85. The van der Waals surface area contributed by atoms with Crippen LogP contribution in [0.2, 0.25) is 0 Å². The van der Waals surface area contributed by atoms with E-state index in [1.54, 1.807) is 0 Å². The highest BCUT2D eigenvalue weighted by molar-refractivity contribution is 6.60. The summed E-state index contributed by atoms with van der Waals surface area (Å²) in [6.07, 6.45) is 3.87. The van der Waals surface area contributed by atoms with Gasteiger partial charge in [0, 0.05) is 18.5 Å². The summed E-state index contributed by atoms with van der Waals surface area (Å²) in [4.78, 5) is 0. The lowest BCUT2D eigenvalue weighted by Crippen LogP contribution is -2.41. The van der Waals surface area contributed by atoms with Gasteiger partial charge in [-0.05, 0) is 45.9 Å². The second kappa shape index (κ2) is 4.02. The summed E-state index contributed by atoms with van der Waals surface area (Å²) in [5.74, 6) is 0.759. The van der Waals surface area contributed by atoms with Crippen LogP contribution in [0.25, 0.3) is 5.88 Å². The van der Waals surface area contributed by atoms with Crippen LogP contribution in [-0.2, 0) is 9.31 Å². The highest BCUT2D eigenvalue weighted by Gasteiger charge is 2.53. The molecule has 100 valence electrons. The molecule has 1 aliphatic rings. The molecule has 0 saturated carbocycles. The summed E-state index contributed by atoms with van der Waals surface area (Å²) in [5.41, 5.74) is -0.00165. The Hall–Kier alpha value is -1.46. The standard InChI is InChI=1S/C14H18BNO3/c1-13(2)14(3,4)19-15(18-13)11-7-8-12(17-11)16-9-5-6-10-16/h5-10H,1-4H3. The van der Waals surface area contributed by atoms with Crippen LogP contribution in [0.1, 0.15) is 27.7 Å². The van der Waals surface area contributed by atoms with Gasteiger partial charge in [-0.1, -0.05) is 0 Å². The highest BCUT2D eigenvalue weighted by Crippen LogP contribution is 2.36. The second-order valence-electron chi connectivity index (χ2n) is 5.85. The van der Waals surface area contributed by atoms with Crippen LogP contribution >= 0.6 is 0 Å². The zero-order valence-electron chi connectivity index (χ0n) is 11.7. The minimum absolute atomic E-state index is 0.349. The van der Waals surface area contributed by atoms with Gasteiger partial charge in [-0.25, -0.2) is 0 Å². The lowest BCUT2D eigenvalue weighted by molar-refractivity contribution is 0.00578. The molecular weight excluding hydrogens is 241 g/mol. The molecule has 1 fully saturated rings. The molecule has 0 spiro atoms. The maximum atomic E-state index is 5.96. The zero-order chi connectivity index (χ0) is 13.7. The third kappa shape index (κ3) is 2.03. The van der Waals surface area contributed by atoms with E-state index in [2.05, 4.69) is 0 Å². The first-order chi connectivity index (χ1) is 8.89. The fourth-order valence-electron chi connectivity index (χ4n) is 2.05. The van der Waals surface area contributed by atoms with Crippen molar-refractivity contribution in [3.05, 3.63) is 36.7 Å². The Morgan fingerprint density at radius 2 is 1.53 bits per heavy atom. The van der Waals surface area contributed by atoms with Crippen LogP contribution in [0.5, 0.6) is 0 Å². The molecule has 1 saturated heterocycles. The van der Waals surface area contributed by atoms with Gasteiger partial charge < -0.3 is 13.7 Å². The average molecular weight is 259 g/mol. The van der Waals surface area contributed by atoms with Crippen LogP contribution < -0.4 is 5.66 Å². The molecule has 5 heteroatoms. The molecule has 4 nitrogen and oxygen atoms in total. The summed E-state index contributed by atoms with van der Waals surface area (Å²) in [5, 5.41) is 0. The SMILES string of the molecule is CC1(C)OB(c2ccc(-n3cccc3)o2)OC1(C)C. The van der Waals surface area contributed by atoms with Gasteiger partial charge in [0.2, 0.25) is 5.88 Å². The van der Waals surface area contributed by atoms with E-state index in [0.717, 1.165) is 5.88 Å². The number of aromatic nitrogens is 1. The number of hydrogen-bond acceptors (Lipinski definition) is 3. The highest BCUT2D eigenvalue weighted by atomic mass is 16.7. The van der Waals surface area contributed by atoms with Crippen LogP contribution in [0.4, 0.5) is 0 Å². The summed E-state index contributed by atoms with van der Waals surface area (Å²) in [6, 6.07) is 7.73. The molecule has 0 aliphatic carbocycles. The number of rotatable bonds is 2. The predicted molar refractivity (Wildman–Crippen MR) is 73.8 cm³/mol. The van der Waals surface area contributed by atoms with Gasteiger partial charge in [-0.3, -0.25) is 4.57 Å². The Labute approximate surface area is 113 Å². The molecule has 0 bridgehead atoms. The fraction of sp³-hybridized carbons (Fsp3) is 0.429. The first-order valence-corrected chi connectivity index (χ1v) is 6.48. The maximum Gasteiger partial charge on any atom is 0.532 e. The number of hydrogen-bond donors (Lipinski definition) is 0. The van der Waals surface area contributed by atoms with Crippen LogP contribution in [0.3, 0.4) is 0 Å². The lowest BCUT2D eigenvalue weighted by Gasteiger charge is -2.32.